The van der Waals surface area contributed by atoms with E-state index >= 15 is 0 Å². The van der Waals surface area contributed by atoms with E-state index in [9.17, 15) is 14.4 Å². The van der Waals surface area contributed by atoms with Crippen molar-refractivity contribution in [1.82, 2.24) is 24.8 Å². The number of imide groups is 1. The molecule has 1 aliphatic carbocycles. The Hall–Kier alpha value is -3.57. The largest absolute Gasteiger partial charge is 0.378 e. The molecule has 0 aromatic carbocycles. The van der Waals surface area contributed by atoms with Gasteiger partial charge in [-0.15, -0.1) is 11.3 Å². The molecule has 0 radical (unpaired) electrons. The molecule has 174 valence electrons. The summed E-state index contributed by atoms with van der Waals surface area (Å²) in [5, 5.41) is 10.3. The van der Waals surface area contributed by atoms with Crippen molar-refractivity contribution in [3.63, 3.8) is 0 Å². The lowest BCUT2D eigenvalue weighted by molar-refractivity contribution is -0.124. The van der Waals surface area contributed by atoms with Gasteiger partial charge in [0.1, 0.15) is 5.82 Å². The van der Waals surface area contributed by atoms with Crippen LogP contribution in [0.25, 0.3) is 22.3 Å². The molecule has 2 N–H and O–H groups in total. The van der Waals surface area contributed by atoms with Gasteiger partial charge < -0.3 is 15.0 Å². The zero-order valence-corrected chi connectivity index (χ0v) is 19.1. The lowest BCUT2D eigenvalue weighted by Gasteiger charge is -2.26. The Balaban J connectivity index is 1.38. The summed E-state index contributed by atoms with van der Waals surface area (Å²) in [6.07, 6.45) is 5.55. The monoisotopic (exact) mass is 478 g/mol. The van der Waals surface area contributed by atoms with Gasteiger partial charge in [0.15, 0.2) is 5.65 Å². The first-order chi connectivity index (χ1) is 16.5. The number of nitrogens with zero attached hydrogens (tertiary/aromatic N) is 4. The van der Waals surface area contributed by atoms with Gasteiger partial charge in [-0.05, 0) is 31.1 Å². The highest BCUT2D eigenvalue weighted by Gasteiger charge is 2.26. The van der Waals surface area contributed by atoms with E-state index in [2.05, 4.69) is 15.7 Å². The third-order valence-corrected chi connectivity index (χ3v) is 7.12. The van der Waals surface area contributed by atoms with Crippen LogP contribution in [0.4, 0.5) is 5.82 Å². The number of carbonyl (C=O) groups excluding carboxylic acids is 3. The molecule has 3 amide bonds. The van der Waals surface area contributed by atoms with E-state index < -0.39 is 0 Å². The number of hydrogen-bond acceptors (Lipinski definition) is 8. The molecule has 6 rings (SSSR count). The average molecular weight is 479 g/mol. The third kappa shape index (κ3) is 3.97. The number of aromatic nitrogens is 3. The number of anilines is 1. The number of hydrogen-bond donors (Lipinski definition) is 2. The van der Waals surface area contributed by atoms with E-state index in [0.29, 0.717) is 59.7 Å². The Morgan fingerprint density at radius 3 is 2.79 bits per heavy atom. The van der Waals surface area contributed by atoms with Crippen molar-refractivity contribution in [2.45, 2.75) is 25.3 Å². The number of fused-ring (bicyclic) bond motifs is 1. The van der Waals surface area contributed by atoms with Gasteiger partial charge in [-0.25, -0.2) is 4.98 Å². The molecule has 10 nitrogen and oxygen atoms in total. The fraction of sp³-hybridized carbons (Fsp3) is 0.348. The number of carbonyl (C=O) groups is 3. The first-order valence-corrected chi connectivity index (χ1v) is 12.0. The van der Waals surface area contributed by atoms with Crippen LogP contribution >= 0.6 is 11.3 Å². The standard InChI is InChI=1S/C23H22N6O4S/c30-20-10-13(22(31)27-20)9-14-12-24-29-19(25-15-1-2-15)11-16(26-21(14)29)17-3-4-18(34-17)23(32)28-5-7-33-8-6-28/h3-4,9,11-12,15,25H,1-2,5-8,10H2,(H,27,30,31)/b13-9+. The van der Waals surface area contributed by atoms with Gasteiger partial charge in [-0.3, -0.25) is 19.7 Å². The number of morpholine rings is 1. The predicted octanol–water partition coefficient (Wildman–Crippen LogP) is 1.93. The van der Waals surface area contributed by atoms with Crippen LogP contribution in [0, 0.1) is 0 Å². The van der Waals surface area contributed by atoms with Crippen molar-refractivity contribution in [1.29, 1.82) is 0 Å². The van der Waals surface area contributed by atoms with Gasteiger partial charge in [0.05, 0.1) is 41.3 Å². The maximum Gasteiger partial charge on any atom is 0.264 e. The summed E-state index contributed by atoms with van der Waals surface area (Å²) >= 11 is 1.41. The molecule has 3 aromatic heterocycles. The van der Waals surface area contributed by atoms with Crippen LogP contribution in [0.5, 0.6) is 0 Å². The van der Waals surface area contributed by atoms with E-state index in [1.165, 1.54) is 11.3 Å². The van der Waals surface area contributed by atoms with Crippen LogP contribution < -0.4 is 10.6 Å². The fourth-order valence-corrected chi connectivity index (χ4v) is 5.00. The molecule has 1 saturated carbocycles. The van der Waals surface area contributed by atoms with Gasteiger partial charge in [0, 0.05) is 36.3 Å². The Morgan fingerprint density at radius 2 is 2.06 bits per heavy atom. The second-order valence-electron chi connectivity index (χ2n) is 8.57. The molecule has 5 heterocycles. The second-order valence-corrected chi connectivity index (χ2v) is 9.66. The minimum absolute atomic E-state index is 0.00338. The lowest BCUT2D eigenvalue weighted by atomic mass is 10.1. The Morgan fingerprint density at radius 1 is 1.24 bits per heavy atom. The molecule has 0 unspecified atom stereocenters. The first kappa shape index (κ1) is 21.0. The third-order valence-electron chi connectivity index (χ3n) is 6.02. The van der Waals surface area contributed by atoms with Crippen LogP contribution in [0.3, 0.4) is 0 Å². The highest BCUT2D eigenvalue weighted by atomic mass is 32.1. The molecule has 3 fully saturated rings. The minimum Gasteiger partial charge on any atom is -0.378 e. The summed E-state index contributed by atoms with van der Waals surface area (Å²) in [5.41, 5.74) is 2.34. The molecule has 2 saturated heterocycles. The van der Waals surface area contributed by atoms with Gasteiger partial charge in [-0.2, -0.15) is 9.61 Å². The molecule has 0 bridgehead atoms. The Kier molecular flexibility index (Phi) is 5.15. The summed E-state index contributed by atoms with van der Waals surface area (Å²) in [7, 11) is 0. The highest BCUT2D eigenvalue weighted by Crippen LogP contribution is 2.33. The summed E-state index contributed by atoms with van der Waals surface area (Å²) in [5.74, 6) is 0.104. The number of ether oxygens (including phenoxy) is 1. The summed E-state index contributed by atoms with van der Waals surface area (Å²) < 4.78 is 7.07. The molecule has 2 aliphatic heterocycles. The number of rotatable bonds is 5. The van der Waals surface area contributed by atoms with E-state index in [4.69, 9.17) is 9.72 Å². The topological polar surface area (TPSA) is 118 Å². The lowest BCUT2D eigenvalue weighted by Crippen LogP contribution is -2.40. The van der Waals surface area contributed by atoms with E-state index in [1.54, 1.807) is 16.8 Å². The van der Waals surface area contributed by atoms with E-state index in [0.717, 1.165) is 23.5 Å². The van der Waals surface area contributed by atoms with Crippen LogP contribution in [0.1, 0.15) is 34.5 Å². The highest BCUT2D eigenvalue weighted by molar-refractivity contribution is 7.17. The molecule has 34 heavy (non-hydrogen) atoms. The molecular formula is C23H22N6O4S. The zero-order chi connectivity index (χ0) is 23.2. The van der Waals surface area contributed by atoms with Crippen molar-refractivity contribution >= 4 is 46.6 Å². The maximum absolute atomic E-state index is 12.9. The van der Waals surface area contributed by atoms with Crippen molar-refractivity contribution < 1.29 is 19.1 Å². The normalized spacial score (nSPS) is 19.8. The van der Waals surface area contributed by atoms with E-state index in [1.807, 2.05) is 23.1 Å². The van der Waals surface area contributed by atoms with Crippen LogP contribution in [-0.4, -0.2) is 69.6 Å². The second kappa shape index (κ2) is 8.33. The first-order valence-electron chi connectivity index (χ1n) is 11.2. The quantitative estimate of drug-likeness (QED) is 0.425. The maximum atomic E-state index is 12.9. The van der Waals surface area contributed by atoms with Crippen LogP contribution in [-0.2, 0) is 14.3 Å². The van der Waals surface area contributed by atoms with Gasteiger partial charge in [-0.1, -0.05) is 0 Å². The van der Waals surface area contributed by atoms with Crippen molar-refractivity contribution in [2.24, 2.45) is 0 Å². The summed E-state index contributed by atoms with van der Waals surface area (Å²) in [4.78, 5) is 44.7. The summed E-state index contributed by atoms with van der Waals surface area (Å²) in [6.45, 7) is 2.30. The van der Waals surface area contributed by atoms with Gasteiger partial charge >= 0.3 is 0 Å². The van der Waals surface area contributed by atoms with Gasteiger partial charge in [0.25, 0.3) is 11.8 Å². The van der Waals surface area contributed by atoms with Crippen molar-refractivity contribution in [3.8, 4) is 10.6 Å². The van der Waals surface area contributed by atoms with Gasteiger partial charge in [0.2, 0.25) is 5.91 Å². The zero-order valence-electron chi connectivity index (χ0n) is 18.2. The fourth-order valence-electron chi connectivity index (χ4n) is 4.07. The molecule has 0 atom stereocenters. The minimum atomic E-state index is -0.388. The smallest absolute Gasteiger partial charge is 0.264 e. The SMILES string of the molecule is O=C1C/C(=C\c2cnn3c(NC4CC4)cc(-c4ccc(C(=O)N5CCOCC5)s4)nc23)C(=O)N1. The van der Waals surface area contributed by atoms with Crippen LogP contribution in [0.2, 0.25) is 0 Å². The Labute approximate surface area is 198 Å². The molecule has 3 aliphatic rings. The van der Waals surface area contributed by atoms with Crippen LogP contribution in [0.15, 0.2) is 30.0 Å². The van der Waals surface area contributed by atoms with Crippen molar-refractivity contribution in [2.75, 3.05) is 31.6 Å². The van der Waals surface area contributed by atoms with Crippen molar-refractivity contribution in [3.05, 3.63) is 40.4 Å². The molecular weight excluding hydrogens is 456 g/mol. The number of thiophene rings is 1. The number of nitrogens with one attached hydrogen (secondary N) is 2. The molecule has 3 aromatic rings. The predicted molar refractivity (Wildman–Crippen MR) is 125 cm³/mol. The average Bonchev–Trinajstić information content (AvgIpc) is 3.22. The Bertz CT molecular complexity index is 1350. The molecule has 0 spiro atoms. The number of amides is 3. The molecule has 11 heteroatoms. The van der Waals surface area contributed by atoms with E-state index in [-0.39, 0.29) is 24.1 Å². The summed E-state index contributed by atoms with van der Waals surface area (Å²) in [6, 6.07) is 6.08.